The van der Waals surface area contributed by atoms with Gasteiger partial charge in [-0.15, -0.1) is 11.3 Å². The number of anilines is 1. The molecule has 0 aliphatic heterocycles. The molecule has 0 saturated carbocycles. The van der Waals surface area contributed by atoms with Crippen LogP contribution in [0.5, 0.6) is 0 Å². The maximum atomic E-state index is 14.5. The van der Waals surface area contributed by atoms with E-state index in [9.17, 15) is 8.78 Å². The van der Waals surface area contributed by atoms with Gasteiger partial charge >= 0.3 is 0 Å². The van der Waals surface area contributed by atoms with Crippen LogP contribution < -0.4 is 5.73 Å². The molecule has 0 aromatic carbocycles. The molecule has 0 bridgehead atoms. The van der Waals surface area contributed by atoms with Crippen molar-refractivity contribution in [1.29, 1.82) is 0 Å². The molecule has 0 saturated heterocycles. The summed E-state index contributed by atoms with van der Waals surface area (Å²) in [6.45, 7) is 0. The highest BCUT2D eigenvalue weighted by molar-refractivity contribution is 7.22. The molecule has 0 atom stereocenters. The average molecular weight is 371 g/mol. The lowest BCUT2D eigenvalue weighted by Crippen LogP contribution is -2.16. The topological polar surface area (TPSA) is 80.5 Å². The van der Waals surface area contributed by atoms with E-state index in [1.165, 1.54) is 23.6 Å². The highest BCUT2D eigenvalue weighted by Crippen LogP contribution is 2.37. The molecule has 5 nitrogen and oxygen atoms in total. The molecular weight excluding hydrogens is 356 g/mol. The Kier molecular flexibility index (Phi) is 4.12. The van der Waals surface area contributed by atoms with Crippen LogP contribution in [-0.2, 0) is 12.3 Å². The monoisotopic (exact) mass is 371 g/mol. The molecule has 3 N–H and O–H groups in total. The largest absolute Gasteiger partial charge is 0.384 e. The lowest BCUT2D eigenvalue weighted by atomic mass is 10.0. The van der Waals surface area contributed by atoms with Gasteiger partial charge in [-0.1, -0.05) is 6.07 Å². The van der Waals surface area contributed by atoms with Crippen LogP contribution in [0, 0.1) is 0 Å². The summed E-state index contributed by atoms with van der Waals surface area (Å²) in [5.41, 5.74) is 7.98. The number of pyridine rings is 2. The molecule has 0 amide bonds. The number of aromatic nitrogens is 4. The molecule has 0 radical (unpaired) electrons. The van der Waals surface area contributed by atoms with Gasteiger partial charge in [0.25, 0.3) is 5.92 Å². The fourth-order valence-electron chi connectivity index (χ4n) is 2.82. The number of alkyl halides is 2. The Morgan fingerprint density at radius 3 is 2.77 bits per heavy atom. The summed E-state index contributed by atoms with van der Waals surface area (Å²) in [4.78, 5) is 9.05. The van der Waals surface area contributed by atoms with E-state index < -0.39 is 5.92 Å². The number of fused-ring (bicyclic) bond motifs is 1. The molecule has 8 heteroatoms. The number of aromatic amines is 1. The Labute approximate surface area is 151 Å². The molecule has 26 heavy (non-hydrogen) atoms. The van der Waals surface area contributed by atoms with Crippen molar-refractivity contribution < 1.29 is 8.78 Å². The van der Waals surface area contributed by atoms with E-state index in [0.717, 1.165) is 20.8 Å². The summed E-state index contributed by atoms with van der Waals surface area (Å²) in [7, 11) is 0. The van der Waals surface area contributed by atoms with E-state index in [1.807, 2.05) is 12.1 Å². The first-order valence-corrected chi connectivity index (χ1v) is 8.82. The van der Waals surface area contributed by atoms with Gasteiger partial charge in [-0.05, 0) is 42.3 Å². The lowest BCUT2D eigenvalue weighted by Gasteiger charge is -2.15. The SMILES string of the molecule is Nc1cc(CCC(F)(F)c2ccccn2)c2sc(-c3ccn[nH]3)cc2n1. The van der Waals surface area contributed by atoms with Crippen LogP contribution in [0.1, 0.15) is 17.7 Å². The number of nitrogens with two attached hydrogens (primary N) is 1. The standard InChI is InChI=1S/C18H15F2N5S/c19-18(20,15-3-1-2-7-22-15)6-4-11-9-16(21)24-13-10-14(26-17(11)13)12-5-8-23-25-12/h1-3,5,7-10H,4,6H2,(H2,21,24)(H,23,25). The van der Waals surface area contributed by atoms with Crippen LogP contribution in [0.15, 0.2) is 48.8 Å². The molecule has 4 aromatic heterocycles. The Hall–Kier alpha value is -2.87. The zero-order valence-electron chi connectivity index (χ0n) is 13.6. The van der Waals surface area contributed by atoms with Crippen molar-refractivity contribution in [2.24, 2.45) is 0 Å². The van der Waals surface area contributed by atoms with Gasteiger partial charge in [0, 0.05) is 18.8 Å². The third-order valence-corrected chi connectivity index (χ3v) is 5.32. The number of aryl methyl sites for hydroxylation is 1. The van der Waals surface area contributed by atoms with Gasteiger partial charge in [-0.25, -0.2) is 4.98 Å². The first-order chi connectivity index (χ1) is 12.5. The van der Waals surface area contributed by atoms with E-state index in [0.29, 0.717) is 11.3 Å². The summed E-state index contributed by atoms with van der Waals surface area (Å²) in [6.07, 6.45) is 2.87. The number of halogens is 2. The lowest BCUT2D eigenvalue weighted by molar-refractivity contribution is -0.0173. The van der Waals surface area contributed by atoms with Crippen molar-refractivity contribution in [3.8, 4) is 10.6 Å². The maximum absolute atomic E-state index is 14.5. The summed E-state index contributed by atoms with van der Waals surface area (Å²) in [5, 5.41) is 6.84. The minimum atomic E-state index is -3.00. The number of nitrogens with one attached hydrogen (secondary N) is 1. The predicted molar refractivity (Wildman–Crippen MR) is 98.1 cm³/mol. The third kappa shape index (κ3) is 3.15. The highest BCUT2D eigenvalue weighted by atomic mass is 32.1. The molecular formula is C18H15F2N5S. The Bertz CT molecular complexity index is 1030. The third-order valence-electron chi connectivity index (χ3n) is 4.09. The minimum absolute atomic E-state index is 0.176. The van der Waals surface area contributed by atoms with Gasteiger partial charge in [0.05, 0.1) is 20.8 Å². The molecule has 0 spiro atoms. The molecule has 0 aliphatic rings. The Morgan fingerprint density at radius 2 is 2.04 bits per heavy atom. The van der Waals surface area contributed by atoms with E-state index in [1.54, 1.807) is 24.4 Å². The van der Waals surface area contributed by atoms with Gasteiger partial charge in [-0.3, -0.25) is 10.1 Å². The first-order valence-electron chi connectivity index (χ1n) is 8.01. The normalized spacial score (nSPS) is 11.9. The zero-order chi connectivity index (χ0) is 18.1. The van der Waals surface area contributed by atoms with E-state index in [-0.39, 0.29) is 18.5 Å². The molecule has 0 fully saturated rings. The first kappa shape index (κ1) is 16.6. The summed E-state index contributed by atoms with van der Waals surface area (Å²) >= 11 is 1.49. The van der Waals surface area contributed by atoms with Crippen molar-refractivity contribution in [2.75, 3.05) is 5.73 Å². The van der Waals surface area contributed by atoms with Crippen LogP contribution in [0.25, 0.3) is 20.8 Å². The highest BCUT2D eigenvalue weighted by Gasteiger charge is 2.32. The van der Waals surface area contributed by atoms with Crippen molar-refractivity contribution in [3.63, 3.8) is 0 Å². The quantitative estimate of drug-likeness (QED) is 0.545. The van der Waals surface area contributed by atoms with Crippen LogP contribution in [0.2, 0.25) is 0 Å². The number of nitrogens with zero attached hydrogens (tertiary/aromatic N) is 3. The summed E-state index contributed by atoms with van der Waals surface area (Å²) in [5.74, 6) is -2.68. The number of hydrogen-bond donors (Lipinski definition) is 2. The molecule has 4 rings (SSSR count). The van der Waals surface area contributed by atoms with Gasteiger partial charge < -0.3 is 5.73 Å². The summed E-state index contributed by atoms with van der Waals surface area (Å²) < 4.78 is 29.8. The Balaban J connectivity index is 1.66. The van der Waals surface area contributed by atoms with Gasteiger partial charge in [-0.2, -0.15) is 13.9 Å². The minimum Gasteiger partial charge on any atom is -0.384 e. The molecule has 0 unspecified atom stereocenters. The maximum Gasteiger partial charge on any atom is 0.290 e. The van der Waals surface area contributed by atoms with E-state index >= 15 is 0 Å². The molecule has 4 heterocycles. The van der Waals surface area contributed by atoms with Crippen LogP contribution in [-0.4, -0.2) is 20.2 Å². The number of thiophene rings is 1. The zero-order valence-corrected chi connectivity index (χ0v) is 14.4. The fourth-order valence-corrected chi connectivity index (χ4v) is 3.94. The van der Waals surface area contributed by atoms with Gasteiger partial charge in [0.1, 0.15) is 11.5 Å². The number of hydrogen-bond acceptors (Lipinski definition) is 5. The second-order valence-corrected chi connectivity index (χ2v) is 6.97. The molecule has 4 aromatic rings. The second-order valence-electron chi connectivity index (χ2n) is 5.92. The van der Waals surface area contributed by atoms with Crippen molar-refractivity contribution in [2.45, 2.75) is 18.8 Å². The summed E-state index contributed by atoms with van der Waals surface area (Å²) in [6, 6.07) is 9.94. The van der Waals surface area contributed by atoms with Crippen molar-refractivity contribution in [3.05, 3.63) is 60.0 Å². The second kappa shape index (κ2) is 6.45. The van der Waals surface area contributed by atoms with Crippen LogP contribution in [0.4, 0.5) is 14.6 Å². The average Bonchev–Trinajstić information content (AvgIpc) is 3.29. The number of H-pyrrole nitrogens is 1. The molecule has 132 valence electrons. The predicted octanol–water partition coefficient (Wildman–Crippen LogP) is 4.39. The fraction of sp³-hybridized carbons (Fsp3) is 0.167. The number of rotatable bonds is 5. The number of nitrogen functional groups attached to an aromatic ring is 1. The Morgan fingerprint density at radius 1 is 1.15 bits per heavy atom. The van der Waals surface area contributed by atoms with Crippen molar-refractivity contribution in [1.82, 2.24) is 20.2 Å². The van der Waals surface area contributed by atoms with Crippen molar-refractivity contribution >= 4 is 27.4 Å². The van der Waals surface area contributed by atoms with E-state index in [4.69, 9.17) is 5.73 Å². The smallest absolute Gasteiger partial charge is 0.290 e. The van der Waals surface area contributed by atoms with Gasteiger partial charge in [0.15, 0.2) is 0 Å². The molecule has 0 aliphatic carbocycles. The van der Waals surface area contributed by atoms with Crippen LogP contribution in [0.3, 0.4) is 0 Å². The van der Waals surface area contributed by atoms with E-state index in [2.05, 4.69) is 20.2 Å². The van der Waals surface area contributed by atoms with Gasteiger partial charge in [0.2, 0.25) is 0 Å². The van der Waals surface area contributed by atoms with Crippen LogP contribution >= 0.6 is 11.3 Å².